The van der Waals surface area contributed by atoms with Gasteiger partial charge >= 0.3 is 5.97 Å². The van der Waals surface area contributed by atoms with Gasteiger partial charge < -0.3 is 5.11 Å². The average Bonchev–Trinajstić information content (AvgIpc) is 2.95. The van der Waals surface area contributed by atoms with Crippen molar-refractivity contribution in [3.05, 3.63) is 47.8 Å². The number of carbonyl (C=O) groups is 1. The van der Waals surface area contributed by atoms with Crippen LogP contribution in [0.25, 0.3) is 0 Å². The zero-order chi connectivity index (χ0) is 15.4. The van der Waals surface area contributed by atoms with Crippen LogP contribution in [0.4, 0.5) is 0 Å². The van der Waals surface area contributed by atoms with E-state index >= 15 is 0 Å². The van der Waals surface area contributed by atoms with Crippen LogP contribution in [0.2, 0.25) is 0 Å². The number of rotatable bonds is 6. The Labute approximate surface area is 126 Å². The third-order valence-corrected chi connectivity index (χ3v) is 4.67. The van der Waals surface area contributed by atoms with Gasteiger partial charge in [0.1, 0.15) is 0 Å². The summed E-state index contributed by atoms with van der Waals surface area (Å²) in [5.41, 5.74) is 0.889. The molecule has 1 aromatic carbocycles. The van der Waals surface area contributed by atoms with Crippen LogP contribution in [-0.2, 0) is 16.6 Å². The van der Waals surface area contributed by atoms with Crippen molar-refractivity contribution < 1.29 is 14.1 Å². The molecule has 2 aromatic rings. The maximum absolute atomic E-state index is 12.3. The minimum Gasteiger partial charge on any atom is -0.478 e. The number of benzene rings is 1. The molecule has 0 saturated heterocycles. The Morgan fingerprint density at radius 2 is 2.19 bits per heavy atom. The number of hydrogen-bond donors (Lipinski definition) is 1. The van der Waals surface area contributed by atoms with Crippen molar-refractivity contribution in [2.45, 2.75) is 37.0 Å². The van der Waals surface area contributed by atoms with Gasteiger partial charge in [-0.05, 0) is 37.6 Å². The normalized spacial score (nSPS) is 13.8. The zero-order valence-corrected chi connectivity index (χ0v) is 12.8. The summed E-state index contributed by atoms with van der Waals surface area (Å²) >= 11 is 0. The van der Waals surface area contributed by atoms with E-state index in [1.54, 1.807) is 12.1 Å². The standard InChI is InChI=1S/C15H18N2O3S/c1-3-11(2)17-8-7-13(16-17)10-21(20)14-6-4-5-12(9-14)15(18)19/h4-9,11H,3,10H2,1-2H3,(H,18,19). The lowest BCUT2D eigenvalue weighted by atomic mass is 10.2. The highest BCUT2D eigenvalue weighted by Gasteiger charge is 2.11. The molecule has 0 radical (unpaired) electrons. The van der Waals surface area contributed by atoms with Crippen LogP contribution in [0.15, 0.2) is 41.4 Å². The molecule has 0 amide bonds. The quantitative estimate of drug-likeness (QED) is 0.890. The monoisotopic (exact) mass is 306 g/mol. The Hall–Kier alpha value is -1.95. The molecule has 0 spiro atoms. The van der Waals surface area contributed by atoms with Crippen molar-refractivity contribution in [1.29, 1.82) is 0 Å². The van der Waals surface area contributed by atoms with Gasteiger partial charge in [-0.15, -0.1) is 0 Å². The van der Waals surface area contributed by atoms with Crippen molar-refractivity contribution in [2.75, 3.05) is 0 Å². The largest absolute Gasteiger partial charge is 0.478 e. The fourth-order valence-corrected chi connectivity index (χ4v) is 2.95. The van der Waals surface area contributed by atoms with E-state index in [9.17, 15) is 9.00 Å². The van der Waals surface area contributed by atoms with Gasteiger partial charge in [-0.1, -0.05) is 13.0 Å². The van der Waals surface area contributed by atoms with Gasteiger partial charge in [-0.3, -0.25) is 8.89 Å². The van der Waals surface area contributed by atoms with Gasteiger partial charge in [-0.25, -0.2) is 4.79 Å². The van der Waals surface area contributed by atoms with E-state index < -0.39 is 16.8 Å². The number of nitrogens with zero attached hydrogens (tertiary/aromatic N) is 2. The average molecular weight is 306 g/mol. The van der Waals surface area contributed by atoms with Gasteiger partial charge in [0.2, 0.25) is 0 Å². The van der Waals surface area contributed by atoms with Crippen molar-refractivity contribution in [1.82, 2.24) is 9.78 Å². The highest BCUT2D eigenvalue weighted by atomic mass is 32.2. The second-order valence-electron chi connectivity index (χ2n) is 4.87. The number of hydrogen-bond acceptors (Lipinski definition) is 3. The molecule has 0 aliphatic heterocycles. The number of aromatic carboxylic acids is 1. The third-order valence-electron chi connectivity index (χ3n) is 3.33. The van der Waals surface area contributed by atoms with Crippen LogP contribution in [0.1, 0.15) is 42.4 Å². The first kappa shape index (κ1) is 15.4. The van der Waals surface area contributed by atoms with Gasteiger partial charge in [0.25, 0.3) is 0 Å². The predicted molar refractivity (Wildman–Crippen MR) is 80.7 cm³/mol. The van der Waals surface area contributed by atoms with Crippen molar-refractivity contribution in [3.63, 3.8) is 0 Å². The minimum atomic E-state index is -1.30. The first-order valence-corrected chi connectivity index (χ1v) is 8.09. The summed E-state index contributed by atoms with van der Waals surface area (Å²) < 4.78 is 14.2. The van der Waals surface area contributed by atoms with E-state index in [0.717, 1.165) is 12.1 Å². The lowest BCUT2D eigenvalue weighted by Crippen LogP contribution is -2.06. The van der Waals surface area contributed by atoms with Crippen LogP contribution in [-0.4, -0.2) is 25.1 Å². The Morgan fingerprint density at radius 3 is 2.86 bits per heavy atom. The van der Waals surface area contributed by atoms with Crippen LogP contribution in [0.3, 0.4) is 0 Å². The molecule has 0 aliphatic rings. The summed E-state index contributed by atoms with van der Waals surface area (Å²) in [5, 5.41) is 13.4. The fourth-order valence-electron chi connectivity index (χ4n) is 1.88. The van der Waals surface area contributed by atoms with Crippen molar-refractivity contribution in [2.24, 2.45) is 0 Å². The van der Waals surface area contributed by atoms with Crippen LogP contribution in [0.5, 0.6) is 0 Å². The van der Waals surface area contributed by atoms with Crippen LogP contribution < -0.4 is 0 Å². The van der Waals surface area contributed by atoms with Crippen LogP contribution >= 0.6 is 0 Å². The topological polar surface area (TPSA) is 72.2 Å². The third kappa shape index (κ3) is 3.78. The van der Waals surface area contributed by atoms with E-state index in [0.29, 0.717) is 10.9 Å². The van der Waals surface area contributed by atoms with E-state index in [1.807, 2.05) is 16.9 Å². The lowest BCUT2D eigenvalue weighted by Gasteiger charge is -2.08. The summed E-state index contributed by atoms with van der Waals surface area (Å²) in [6, 6.07) is 8.38. The Morgan fingerprint density at radius 1 is 1.43 bits per heavy atom. The number of carboxylic acid groups (broad SMARTS) is 1. The van der Waals surface area contributed by atoms with Gasteiger partial charge in [0.15, 0.2) is 0 Å². The first-order chi connectivity index (χ1) is 10.0. The van der Waals surface area contributed by atoms with E-state index in [-0.39, 0.29) is 11.3 Å². The predicted octanol–water partition coefficient (Wildman–Crippen LogP) is 2.86. The second-order valence-corrected chi connectivity index (χ2v) is 6.32. The molecule has 1 aromatic heterocycles. The Bertz CT molecular complexity index is 666. The molecule has 1 N–H and O–H groups in total. The van der Waals surface area contributed by atoms with E-state index in [2.05, 4.69) is 18.9 Å². The Kier molecular flexibility index (Phi) is 4.90. The first-order valence-electron chi connectivity index (χ1n) is 6.77. The molecule has 5 nitrogen and oxygen atoms in total. The minimum absolute atomic E-state index is 0.144. The maximum Gasteiger partial charge on any atom is 0.335 e. The summed E-state index contributed by atoms with van der Waals surface area (Å²) in [7, 11) is -1.30. The van der Waals surface area contributed by atoms with Crippen molar-refractivity contribution >= 4 is 16.8 Å². The highest BCUT2D eigenvalue weighted by molar-refractivity contribution is 7.84. The summed E-state index contributed by atoms with van der Waals surface area (Å²) in [5.74, 6) is -0.734. The molecule has 1 heterocycles. The molecule has 0 fully saturated rings. The number of carboxylic acids is 1. The molecular formula is C15H18N2O3S. The highest BCUT2D eigenvalue weighted by Crippen LogP contribution is 2.15. The Balaban J connectivity index is 2.12. The molecule has 0 aliphatic carbocycles. The lowest BCUT2D eigenvalue weighted by molar-refractivity contribution is 0.0696. The zero-order valence-electron chi connectivity index (χ0n) is 12.0. The molecule has 0 bridgehead atoms. The van der Waals surface area contributed by atoms with E-state index in [1.165, 1.54) is 12.1 Å². The van der Waals surface area contributed by atoms with Crippen molar-refractivity contribution in [3.8, 4) is 0 Å². The molecule has 2 unspecified atom stereocenters. The molecule has 0 saturated carbocycles. The second kappa shape index (κ2) is 6.67. The molecule has 2 rings (SSSR count). The summed E-state index contributed by atoms with van der Waals surface area (Å²) in [4.78, 5) is 11.4. The molecule has 2 atom stereocenters. The molecular weight excluding hydrogens is 288 g/mol. The van der Waals surface area contributed by atoms with E-state index in [4.69, 9.17) is 5.11 Å². The summed E-state index contributed by atoms with van der Waals surface area (Å²) in [6.07, 6.45) is 2.86. The molecule has 21 heavy (non-hydrogen) atoms. The fraction of sp³-hybridized carbons (Fsp3) is 0.333. The SMILES string of the molecule is CCC(C)n1ccc(CS(=O)c2cccc(C(=O)O)c2)n1. The van der Waals surface area contributed by atoms with Gasteiger partial charge in [-0.2, -0.15) is 5.10 Å². The van der Waals surface area contributed by atoms with Gasteiger partial charge in [0.05, 0.1) is 27.8 Å². The number of aromatic nitrogens is 2. The summed E-state index contributed by atoms with van der Waals surface area (Å²) in [6.45, 7) is 4.16. The molecule has 112 valence electrons. The smallest absolute Gasteiger partial charge is 0.335 e. The van der Waals surface area contributed by atoms with Gasteiger partial charge in [0, 0.05) is 17.1 Å². The van der Waals surface area contributed by atoms with Crippen LogP contribution in [0, 0.1) is 0 Å². The molecule has 6 heteroatoms. The maximum atomic E-state index is 12.3.